The van der Waals surface area contributed by atoms with E-state index in [2.05, 4.69) is 15.1 Å². The zero-order valence-corrected chi connectivity index (χ0v) is 12.2. The highest BCUT2D eigenvalue weighted by molar-refractivity contribution is 5.85. The molecule has 0 bridgehead atoms. The van der Waals surface area contributed by atoms with Crippen molar-refractivity contribution in [1.29, 1.82) is 0 Å². The minimum Gasteiger partial charge on any atom is -0.479 e. The summed E-state index contributed by atoms with van der Waals surface area (Å²) >= 11 is 0. The Labute approximate surface area is 121 Å². The van der Waals surface area contributed by atoms with Crippen molar-refractivity contribution in [3.8, 4) is 17.6 Å². The van der Waals surface area contributed by atoms with Crippen LogP contribution in [0.2, 0.25) is 0 Å². The van der Waals surface area contributed by atoms with Crippen molar-refractivity contribution in [3.63, 3.8) is 0 Å². The Hall–Kier alpha value is -2.64. The molecule has 2 rings (SSSR count). The average Bonchev–Trinajstić information content (AvgIpc) is 2.91. The summed E-state index contributed by atoms with van der Waals surface area (Å²) < 4.78 is 11.6. The van der Waals surface area contributed by atoms with E-state index >= 15 is 0 Å². The smallest absolute Gasteiger partial charge is 0.356 e. The van der Waals surface area contributed by atoms with Gasteiger partial charge in [0.05, 0.1) is 20.4 Å². The molecule has 0 aliphatic rings. The minimum absolute atomic E-state index is 0.0448. The molecule has 0 aromatic carbocycles. The number of hydrogen-bond acceptors (Lipinski definition) is 6. The fraction of sp³-hybridized carbons (Fsp3) is 0.385. The van der Waals surface area contributed by atoms with E-state index in [1.165, 1.54) is 31.2 Å². The molecule has 0 atom stereocenters. The third-order valence-corrected chi connectivity index (χ3v) is 2.87. The number of rotatable bonds is 5. The van der Waals surface area contributed by atoms with Gasteiger partial charge in [0, 0.05) is 5.69 Å². The van der Waals surface area contributed by atoms with Crippen molar-refractivity contribution in [3.05, 3.63) is 23.7 Å². The number of ether oxygens (including phenoxy) is 2. The molecule has 8 heteroatoms. The lowest BCUT2D eigenvalue weighted by atomic mass is 10.1. The van der Waals surface area contributed by atoms with Gasteiger partial charge in [0.2, 0.25) is 5.88 Å². The van der Waals surface area contributed by atoms with Crippen LogP contribution in [0.25, 0.3) is 5.69 Å². The fourth-order valence-electron chi connectivity index (χ4n) is 1.84. The molecule has 0 unspecified atom stereocenters. The van der Waals surface area contributed by atoms with Crippen LogP contribution in [0.1, 0.15) is 35.9 Å². The number of carboxylic acid groups (broad SMARTS) is 1. The van der Waals surface area contributed by atoms with Gasteiger partial charge in [0.25, 0.3) is 0 Å². The Balaban J connectivity index is 2.62. The number of hydrogen-bond donors (Lipinski definition) is 1. The number of carboxylic acids is 1. The van der Waals surface area contributed by atoms with Crippen LogP contribution in [0.3, 0.4) is 0 Å². The maximum absolute atomic E-state index is 11.1. The molecular weight excluding hydrogens is 276 g/mol. The first kappa shape index (κ1) is 14.8. The van der Waals surface area contributed by atoms with E-state index in [1.807, 2.05) is 13.8 Å². The van der Waals surface area contributed by atoms with Gasteiger partial charge < -0.3 is 14.6 Å². The summed E-state index contributed by atoms with van der Waals surface area (Å²) in [6, 6.07) is 1.68. The Morgan fingerprint density at radius 3 is 2.57 bits per heavy atom. The molecule has 2 aromatic rings. The zero-order valence-electron chi connectivity index (χ0n) is 12.2. The van der Waals surface area contributed by atoms with Gasteiger partial charge in [-0.25, -0.2) is 14.5 Å². The molecule has 0 aliphatic carbocycles. The average molecular weight is 292 g/mol. The van der Waals surface area contributed by atoms with Gasteiger partial charge in [-0.05, 0) is 12.0 Å². The van der Waals surface area contributed by atoms with Crippen molar-refractivity contribution in [2.75, 3.05) is 14.2 Å². The van der Waals surface area contributed by atoms with Gasteiger partial charge >= 0.3 is 12.0 Å². The lowest BCUT2D eigenvalue weighted by Crippen LogP contribution is -2.09. The third-order valence-electron chi connectivity index (χ3n) is 2.87. The standard InChI is InChI=1S/C13H16N4O4/c1-7(2)9-5-8(12(18)19)16-17(9)10-6-14-13(21-4)15-11(10)20-3/h5-7H,1-4H3,(H,18,19). The molecule has 8 nitrogen and oxygen atoms in total. The second kappa shape index (κ2) is 5.78. The summed E-state index contributed by atoms with van der Waals surface area (Å²) in [5.74, 6) is -0.773. The largest absolute Gasteiger partial charge is 0.479 e. The monoisotopic (exact) mass is 292 g/mol. The van der Waals surface area contributed by atoms with Crippen LogP contribution < -0.4 is 9.47 Å². The van der Waals surface area contributed by atoms with Crippen LogP contribution in [-0.4, -0.2) is 45.0 Å². The highest BCUT2D eigenvalue weighted by Crippen LogP contribution is 2.26. The Kier molecular flexibility index (Phi) is 4.06. The van der Waals surface area contributed by atoms with E-state index in [0.717, 1.165) is 5.69 Å². The fourth-order valence-corrected chi connectivity index (χ4v) is 1.84. The summed E-state index contributed by atoms with van der Waals surface area (Å²) in [6.45, 7) is 3.88. The van der Waals surface area contributed by atoms with Crippen molar-refractivity contribution >= 4 is 5.97 Å². The van der Waals surface area contributed by atoms with E-state index in [4.69, 9.17) is 14.6 Å². The van der Waals surface area contributed by atoms with E-state index in [9.17, 15) is 4.79 Å². The molecule has 2 aromatic heterocycles. The van der Waals surface area contributed by atoms with Gasteiger partial charge in [-0.3, -0.25) is 0 Å². The molecular formula is C13H16N4O4. The van der Waals surface area contributed by atoms with Crippen LogP contribution in [0.4, 0.5) is 0 Å². The molecule has 0 radical (unpaired) electrons. The van der Waals surface area contributed by atoms with Gasteiger partial charge in [-0.1, -0.05) is 13.8 Å². The Bertz CT molecular complexity index is 666. The van der Waals surface area contributed by atoms with Gasteiger partial charge in [-0.2, -0.15) is 10.1 Å². The quantitative estimate of drug-likeness (QED) is 0.891. The predicted octanol–water partition coefficient (Wildman–Crippen LogP) is 1.50. The molecule has 0 saturated carbocycles. The number of nitrogens with zero attached hydrogens (tertiary/aromatic N) is 4. The zero-order chi connectivity index (χ0) is 15.6. The molecule has 0 amide bonds. The highest BCUT2D eigenvalue weighted by atomic mass is 16.5. The topological polar surface area (TPSA) is 99.4 Å². The normalized spacial score (nSPS) is 10.7. The first-order chi connectivity index (χ1) is 9.97. The maximum Gasteiger partial charge on any atom is 0.356 e. The van der Waals surface area contributed by atoms with Crippen molar-refractivity contribution < 1.29 is 19.4 Å². The van der Waals surface area contributed by atoms with E-state index in [0.29, 0.717) is 5.69 Å². The second-order valence-electron chi connectivity index (χ2n) is 4.58. The van der Waals surface area contributed by atoms with Gasteiger partial charge in [0.15, 0.2) is 5.69 Å². The van der Waals surface area contributed by atoms with Crippen molar-refractivity contribution in [2.45, 2.75) is 19.8 Å². The SMILES string of the molecule is COc1ncc(-n2nc(C(=O)O)cc2C(C)C)c(OC)n1. The Morgan fingerprint density at radius 2 is 2.05 bits per heavy atom. The lowest BCUT2D eigenvalue weighted by molar-refractivity contribution is 0.0690. The van der Waals surface area contributed by atoms with Gasteiger partial charge in [0.1, 0.15) is 5.69 Å². The second-order valence-corrected chi connectivity index (χ2v) is 4.58. The predicted molar refractivity (Wildman–Crippen MR) is 73.3 cm³/mol. The molecule has 0 aliphatic heterocycles. The molecule has 0 saturated heterocycles. The summed E-state index contributed by atoms with van der Waals surface area (Å²) in [4.78, 5) is 19.2. The molecule has 21 heavy (non-hydrogen) atoms. The van der Waals surface area contributed by atoms with Crippen molar-refractivity contribution in [2.24, 2.45) is 0 Å². The molecule has 2 heterocycles. The molecule has 0 fully saturated rings. The lowest BCUT2D eigenvalue weighted by Gasteiger charge is -2.12. The summed E-state index contributed by atoms with van der Waals surface area (Å²) in [7, 11) is 2.91. The number of aromatic carboxylic acids is 1. The maximum atomic E-state index is 11.1. The highest BCUT2D eigenvalue weighted by Gasteiger charge is 2.20. The van der Waals surface area contributed by atoms with Gasteiger partial charge in [-0.15, -0.1) is 0 Å². The van der Waals surface area contributed by atoms with Crippen LogP contribution in [0.15, 0.2) is 12.3 Å². The van der Waals surface area contributed by atoms with Crippen LogP contribution in [-0.2, 0) is 0 Å². The van der Waals surface area contributed by atoms with E-state index in [1.54, 1.807) is 0 Å². The Morgan fingerprint density at radius 1 is 1.33 bits per heavy atom. The number of carbonyl (C=O) groups is 1. The minimum atomic E-state index is -1.09. The third kappa shape index (κ3) is 2.78. The molecule has 112 valence electrons. The molecule has 1 N–H and O–H groups in total. The number of methoxy groups -OCH3 is 2. The van der Waals surface area contributed by atoms with E-state index < -0.39 is 5.97 Å². The van der Waals surface area contributed by atoms with Crippen LogP contribution in [0, 0.1) is 0 Å². The summed E-state index contributed by atoms with van der Waals surface area (Å²) in [5.41, 5.74) is 1.13. The van der Waals surface area contributed by atoms with E-state index in [-0.39, 0.29) is 23.5 Å². The van der Waals surface area contributed by atoms with Crippen LogP contribution in [0.5, 0.6) is 11.9 Å². The first-order valence-electron chi connectivity index (χ1n) is 6.26. The number of aromatic nitrogens is 4. The van der Waals surface area contributed by atoms with Crippen LogP contribution >= 0.6 is 0 Å². The molecule has 0 spiro atoms. The summed E-state index contributed by atoms with van der Waals surface area (Å²) in [5, 5.41) is 13.2. The summed E-state index contributed by atoms with van der Waals surface area (Å²) in [6.07, 6.45) is 1.48. The van der Waals surface area contributed by atoms with Crippen molar-refractivity contribution in [1.82, 2.24) is 19.7 Å². The first-order valence-corrected chi connectivity index (χ1v) is 6.26.